The number of aryl methyl sites for hydroxylation is 1. The minimum absolute atomic E-state index is 0.116. The maximum absolute atomic E-state index is 13.3. The van der Waals surface area contributed by atoms with Crippen molar-refractivity contribution in [2.45, 2.75) is 31.9 Å². The number of amides is 1. The fourth-order valence-electron chi connectivity index (χ4n) is 3.57. The molecule has 0 saturated carbocycles. The van der Waals surface area contributed by atoms with Crippen LogP contribution in [0.4, 0.5) is 17.6 Å². The van der Waals surface area contributed by atoms with E-state index in [4.69, 9.17) is 0 Å². The van der Waals surface area contributed by atoms with Crippen molar-refractivity contribution < 1.29 is 22.4 Å². The molecule has 144 valence electrons. The molecule has 0 aliphatic carbocycles. The van der Waals surface area contributed by atoms with Crippen LogP contribution in [0.25, 0.3) is 0 Å². The van der Waals surface area contributed by atoms with Gasteiger partial charge in [-0.15, -0.1) is 0 Å². The lowest BCUT2D eigenvalue weighted by Crippen LogP contribution is -2.40. The molecule has 1 aliphatic rings. The Morgan fingerprint density at radius 1 is 1.22 bits per heavy atom. The van der Waals surface area contributed by atoms with Crippen LogP contribution in [0, 0.1) is 11.7 Å². The van der Waals surface area contributed by atoms with Crippen molar-refractivity contribution in [3.63, 3.8) is 0 Å². The van der Waals surface area contributed by atoms with E-state index in [1.54, 1.807) is 11.0 Å². The normalized spacial score (nSPS) is 17.8. The number of aromatic nitrogens is 1. The average Bonchev–Trinajstić information content (AvgIpc) is 2.65. The van der Waals surface area contributed by atoms with E-state index in [1.807, 2.05) is 0 Å². The predicted octanol–water partition coefficient (Wildman–Crippen LogP) is 4.72. The van der Waals surface area contributed by atoms with E-state index in [1.165, 1.54) is 18.3 Å². The van der Waals surface area contributed by atoms with Gasteiger partial charge in [-0.25, -0.2) is 4.39 Å². The van der Waals surface area contributed by atoms with Crippen LogP contribution in [0.5, 0.6) is 0 Å². The number of carbonyl (C=O) groups is 1. The molecular formula is C20H20F4N2O. The minimum atomic E-state index is -4.37. The van der Waals surface area contributed by atoms with E-state index in [-0.39, 0.29) is 23.0 Å². The number of carbonyl (C=O) groups excluding carboxylic acids is 1. The van der Waals surface area contributed by atoms with Gasteiger partial charge >= 0.3 is 6.18 Å². The smallest absolute Gasteiger partial charge is 0.338 e. The summed E-state index contributed by atoms with van der Waals surface area (Å²) in [6.45, 7) is 1.02. The van der Waals surface area contributed by atoms with Crippen molar-refractivity contribution in [3.8, 4) is 0 Å². The van der Waals surface area contributed by atoms with E-state index >= 15 is 0 Å². The van der Waals surface area contributed by atoms with Crippen LogP contribution in [0.1, 0.15) is 40.7 Å². The van der Waals surface area contributed by atoms with Gasteiger partial charge in [0.15, 0.2) is 0 Å². The van der Waals surface area contributed by atoms with Crippen LogP contribution >= 0.6 is 0 Å². The Hall–Kier alpha value is -2.44. The van der Waals surface area contributed by atoms with E-state index in [0.717, 1.165) is 31.2 Å². The number of pyridine rings is 1. The van der Waals surface area contributed by atoms with E-state index in [9.17, 15) is 22.4 Å². The monoisotopic (exact) mass is 380 g/mol. The molecule has 27 heavy (non-hydrogen) atoms. The predicted molar refractivity (Wildman–Crippen MR) is 92.6 cm³/mol. The second kappa shape index (κ2) is 8.06. The van der Waals surface area contributed by atoms with Crippen LogP contribution in [0.3, 0.4) is 0 Å². The molecule has 1 atom stereocenters. The van der Waals surface area contributed by atoms with Crippen molar-refractivity contribution in [2.24, 2.45) is 5.92 Å². The van der Waals surface area contributed by atoms with Gasteiger partial charge in [-0.05, 0) is 49.3 Å². The number of likely N-dealkylation sites (tertiary alicyclic amines) is 1. The molecule has 2 heterocycles. The lowest BCUT2D eigenvalue weighted by molar-refractivity contribution is -0.138. The Kier molecular flexibility index (Phi) is 5.77. The molecule has 1 fully saturated rings. The number of hydrogen-bond acceptors (Lipinski definition) is 2. The van der Waals surface area contributed by atoms with Gasteiger partial charge in [-0.3, -0.25) is 9.78 Å². The Morgan fingerprint density at radius 3 is 2.74 bits per heavy atom. The Labute approximate surface area is 155 Å². The molecule has 2 aromatic rings. The van der Waals surface area contributed by atoms with Gasteiger partial charge in [0.05, 0.1) is 17.3 Å². The molecule has 1 aromatic carbocycles. The quantitative estimate of drug-likeness (QED) is 0.719. The second-order valence-electron chi connectivity index (χ2n) is 6.84. The van der Waals surface area contributed by atoms with Crippen LogP contribution in [0.2, 0.25) is 0 Å². The molecule has 1 aliphatic heterocycles. The molecule has 0 radical (unpaired) electrons. The molecule has 7 heteroatoms. The number of benzene rings is 1. The zero-order chi connectivity index (χ0) is 19.4. The summed E-state index contributed by atoms with van der Waals surface area (Å²) in [7, 11) is 0. The lowest BCUT2D eigenvalue weighted by atomic mass is 9.90. The van der Waals surface area contributed by atoms with Gasteiger partial charge in [0, 0.05) is 19.3 Å². The molecule has 3 nitrogen and oxygen atoms in total. The first-order valence-corrected chi connectivity index (χ1v) is 8.89. The molecule has 0 spiro atoms. The highest BCUT2D eigenvalue weighted by Gasteiger charge is 2.33. The van der Waals surface area contributed by atoms with Crippen LogP contribution in [-0.4, -0.2) is 28.9 Å². The highest BCUT2D eigenvalue weighted by atomic mass is 19.4. The van der Waals surface area contributed by atoms with Gasteiger partial charge < -0.3 is 4.90 Å². The van der Waals surface area contributed by atoms with E-state index < -0.39 is 17.6 Å². The number of nitrogens with zero attached hydrogens (tertiary/aromatic N) is 2. The van der Waals surface area contributed by atoms with Crippen molar-refractivity contribution in [1.29, 1.82) is 0 Å². The molecule has 1 amide bonds. The summed E-state index contributed by atoms with van der Waals surface area (Å²) in [6.07, 6.45) is 0.514. The fourth-order valence-corrected chi connectivity index (χ4v) is 3.57. The summed E-state index contributed by atoms with van der Waals surface area (Å²) in [5.41, 5.74) is -0.125. The molecule has 0 unspecified atom stereocenters. The first-order chi connectivity index (χ1) is 12.8. The summed E-state index contributed by atoms with van der Waals surface area (Å²) in [4.78, 5) is 17.9. The van der Waals surface area contributed by atoms with Crippen molar-refractivity contribution in [2.75, 3.05) is 13.1 Å². The number of hydrogen-bond donors (Lipinski definition) is 0. The van der Waals surface area contributed by atoms with Gasteiger partial charge in [0.2, 0.25) is 0 Å². The molecule has 1 saturated heterocycles. The largest absolute Gasteiger partial charge is 0.416 e. The Bertz CT molecular complexity index is 807. The average molecular weight is 380 g/mol. The third-order valence-corrected chi connectivity index (χ3v) is 4.90. The Morgan fingerprint density at radius 2 is 2.00 bits per heavy atom. The third-order valence-electron chi connectivity index (χ3n) is 4.90. The second-order valence-corrected chi connectivity index (χ2v) is 6.84. The van der Waals surface area contributed by atoms with Crippen molar-refractivity contribution in [1.82, 2.24) is 9.88 Å². The zero-order valence-corrected chi connectivity index (χ0v) is 14.7. The maximum atomic E-state index is 13.3. The fraction of sp³-hybridized carbons (Fsp3) is 0.400. The number of halogens is 4. The first-order valence-electron chi connectivity index (χ1n) is 8.89. The summed E-state index contributed by atoms with van der Waals surface area (Å²) in [6, 6.07) is 6.76. The molecular weight excluding hydrogens is 360 g/mol. The van der Waals surface area contributed by atoms with Crippen molar-refractivity contribution in [3.05, 3.63) is 65.2 Å². The van der Waals surface area contributed by atoms with Crippen LogP contribution in [-0.2, 0) is 12.6 Å². The van der Waals surface area contributed by atoms with Crippen LogP contribution < -0.4 is 0 Å². The Balaban J connectivity index is 1.63. The third kappa shape index (κ3) is 4.84. The SMILES string of the molecule is O=C(c1cncc(F)c1)N1CCC[C@H](CCc2ccccc2C(F)(F)F)C1. The lowest BCUT2D eigenvalue weighted by Gasteiger charge is -2.33. The standard InChI is InChI=1S/C20H20F4N2O/c21-17-10-16(11-25-12-17)19(27)26-9-3-4-14(13-26)7-8-15-5-1-2-6-18(15)20(22,23)24/h1-2,5-6,10-12,14H,3-4,7-9,13H2/t14-/m1/s1. The van der Waals surface area contributed by atoms with Gasteiger partial charge in [-0.2, -0.15) is 13.2 Å². The first kappa shape index (κ1) is 19.3. The number of alkyl halides is 3. The van der Waals surface area contributed by atoms with E-state index in [2.05, 4.69) is 4.98 Å². The summed E-state index contributed by atoms with van der Waals surface area (Å²) < 4.78 is 52.6. The minimum Gasteiger partial charge on any atom is -0.338 e. The molecule has 1 aromatic heterocycles. The molecule has 3 rings (SSSR count). The number of rotatable bonds is 4. The summed E-state index contributed by atoms with van der Waals surface area (Å²) in [5.74, 6) is -0.744. The summed E-state index contributed by atoms with van der Waals surface area (Å²) in [5, 5.41) is 0. The van der Waals surface area contributed by atoms with Gasteiger partial charge in [-0.1, -0.05) is 18.2 Å². The highest BCUT2D eigenvalue weighted by molar-refractivity contribution is 5.93. The van der Waals surface area contributed by atoms with Crippen LogP contribution in [0.15, 0.2) is 42.7 Å². The topological polar surface area (TPSA) is 33.2 Å². The highest BCUT2D eigenvalue weighted by Crippen LogP contribution is 2.33. The molecule has 0 bridgehead atoms. The number of piperidine rings is 1. The zero-order valence-electron chi connectivity index (χ0n) is 14.7. The maximum Gasteiger partial charge on any atom is 0.416 e. The molecule has 0 N–H and O–H groups in total. The van der Waals surface area contributed by atoms with Gasteiger partial charge in [0.1, 0.15) is 5.82 Å². The van der Waals surface area contributed by atoms with Crippen molar-refractivity contribution >= 4 is 5.91 Å². The van der Waals surface area contributed by atoms with E-state index in [0.29, 0.717) is 25.9 Å². The summed E-state index contributed by atoms with van der Waals surface area (Å²) >= 11 is 0. The van der Waals surface area contributed by atoms with Gasteiger partial charge in [0.25, 0.3) is 5.91 Å².